The predicted octanol–water partition coefficient (Wildman–Crippen LogP) is 1.95. The fourth-order valence-corrected chi connectivity index (χ4v) is 1.02. The second-order valence-corrected chi connectivity index (χ2v) is 2.79. The van der Waals surface area contributed by atoms with Crippen LogP contribution in [-0.2, 0) is 6.42 Å². The number of halogens is 1. The van der Waals surface area contributed by atoms with Crippen molar-refractivity contribution < 1.29 is 19.0 Å². The van der Waals surface area contributed by atoms with Gasteiger partial charge in [0, 0.05) is 0 Å². The lowest BCUT2D eigenvalue weighted by atomic mass is 10.2. The number of hydrogen-bond donors (Lipinski definition) is 2. The molecule has 0 saturated carbocycles. The molecular weight excluding hydrogens is 191 g/mol. The van der Waals surface area contributed by atoms with E-state index in [0.717, 1.165) is 12.8 Å². The van der Waals surface area contributed by atoms with Gasteiger partial charge in [0.2, 0.25) is 5.82 Å². The molecule has 1 aromatic heterocycles. The molecule has 0 atom stereocenters. The van der Waals surface area contributed by atoms with Crippen LogP contribution in [0.15, 0.2) is 0 Å². The Labute approximate surface area is 79.9 Å². The number of rotatable bonds is 4. The first-order valence-corrected chi connectivity index (χ1v) is 4.28. The summed E-state index contributed by atoms with van der Waals surface area (Å²) in [5, 5.41) is 14.0. The van der Waals surface area contributed by atoms with Crippen molar-refractivity contribution >= 4 is 6.16 Å². The van der Waals surface area contributed by atoms with Gasteiger partial charge in [-0.1, -0.05) is 13.3 Å². The van der Waals surface area contributed by atoms with E-state index < -0.39 is 17.9 Å². The van der Waals surface area contributed by atoms with Crippen molar-refractivity contribution in [1.29, 1.82) is 0 Å². The minimum atomic E-state index is -1.57. The van der Waals surface area contributed by atoms with Gasteiger partial charge in [0.15, 0.2) is 0 Å². The van der Waals surface area contributed by atoms with Gasteiger partial charge in [-0.15, -0.1) is 5.10 Å². The predicted molar refractivity (Wildman–Crippen MR) is 45.8 cm³/mol. The van der Waals surface area contributed by atoms with Crippen molar-refractivity contribution in [2.75, 3.05) is 0 Å². The maximum Gasteiger partial charge on any atom is 0.512 e. The summed E-state index contributed by atoms with van der Waals surface area (Å²) in [5.41, 5.74) is 0.281. The summed E-state index contributed by atoms with van der Waals surface area (Å²) >= 11 is 0. The Balaban J connectivity index is 2.69. The second-order valence-electron chi connectivity index (χ2n) is 2.79. The van der Waals surface area contributed by atoms with Crippen LogP contribution < -0.4 is 4.74 Å². The lowest BCUT2D eigenvalue weighted by Gasteiger charge is -1.94. The Morgan fingerprint density at radius 1 is 1.71 bits per heavy atom. The van der Waals surface area contributed by atoms with Crippen molar-refractivity contribution in [3.8, 4) is 5.88 Å². The van der Waals surface area contributed by atoms with Gasteiger partial charge in [0.25, 0.3) is 5.88 Å². The highest BCUT2D eigenvalue weighted by Crippen LogP contribution is 2.18. The number of carboxylic acid groups (broad SMARTS) is 1. The SMILES string of the molecule is CCCCc1[nH]nc(OC(=O)O)c1F. The van der Waals surface area contributed by atoms with E-state index in [4.69, 9.17) is 5.11 Å². The van der Waals surface area contributed by atoms with E-state index in [2.05, 4.69) is 14.9 Å². The van der Waals surface area contributed by atoms with E-state index in [1.165, 1.54) is 0 Å². The molecule has 0 aliphatic carbocycles. The standard InChI is InChI=1S/C8H11FN2O3/c1-2-3-4-5-6(9)7(11-10-5)14-8(12)13/h2-4H2,1H3,(H,10,11)(H,12,13). The van der Waals surface area contributed by atoms with E-state index in [9.17, 15) is 9.18 Å². The molecule has 0 radical (unpaired) electrons. The summed E-state index contributed by atoms with van der Waals surface area (Å²) in [6, 6.07) is 0. The van der Waals surface area contributed by atoms with Crippen molar-refractivity contribution in [2.45, 2.75) is 26.2 Å². The number of nitrogens with one attached hydrogen (secondary N) is 1. The van der Waals surface area contributed by atoms with Gasteiger partial charge in [-0.2, -0.15) is 4.39 Å². The fraction of sp³-hybridized carbons (Fsp3) is 0.500. The highest BCUT2D eigenvalue weighted by Gasteiger charge is 2.16. The fourth-order valence-electron chi connectivity index (χ4n) is 1.02. The number of hydrogen-bond acceptors (Lipinski definition) is 3. The average Bonchev–Trinajstić information content (AvgIpc) is 2.45. The number of aromatic nitrogens is 2. The van der Waals surface area contributed by atoms with Gasteiger partial charge >= 0.3 is 6.16 Å². The minimum absolute atomic E-state index is 0.281. The van der Waals surface area contributed by atoms with Crippen LogP contribution in [0.1, 0.15) is 25.5 Å². The molecule has 1 rings (SSSR count). The highest BCUT2D eigenvalue weighted by atomic mass is 19.1. The van der Waals surface area contributed by atoms with Crippen LogP contribution in [0.4, 0.5) is 9.18 Å². The Kier molecular flexibility index (Phi) is 3.44. The van der Waals surface area contributed by atoms with Crippen LogP contribution in [0, 0.1) is 5.82 Å². The topological polar surface area (TPSA) is 75.2 Å². The zero-order valence-electron chi connectivity index (χ0n) is 7.71. The molecule has 0 amide bonds. The normalized spacial score (nSPS) is 10.1. The molecule has 0 unspecified atom stereocenters. The van der Waals surface area contributed by atoms with E-state index in [0.29, 0.717) is 6.42 Å². The van der Waals surface area contributed by atoms with E-state index >= 15 is 0 Å². The summed E-state index contributed by atoms with van der Waals surface area (Å²) in [4.78, 5) is 10.1. The summed E-state index contributed by atoms with van der Waals surface area (Å²) in [5.74, 6) is -1.23. The molecule has 0 fully saturated rings. The van der Waals surface area contributed by atoms with E-state index in [1.54, 1.807) is 0 Å². The third-order valence-corrected chi connectivity index (χ3v) is 1.71. The van der Waals surface area contributed by atoms with Crippen molar-refractivity contribution in [2.24, 2.45) is 0 Å². The van der Waals surface area contributed by atoms with Gasteiger partial charge in [-0.25, -0.2) is 4.79 Å². The summed E-state index contributed by atoms with van der Waals surface area (Å²) in [7, 11) is 0. The van der Waals surface area contributed by atoms with Crippen LogP contribution >= 0.6 is 0 Å². The first-order chi connectivity index (χ1) is 6.65. The van der Waals surface area contributed by atoms with Gasteiger partial charge < -0.3 is 9.84 Å². The van der Waals surface area contributed by atoms with Crippen molar-refractivity contribution in [1.82, 2.24) is 10.2 Å². The van der Waals surface area contributed by atoms with Gasteiger partial charge in [0.1, 0.15) is 0 Å². The van der Waals surface area contributed by atoms with E-state index in [1.807, 2.05) is 6.92 Å². The molecular formula is C8H11FN2O3. The Bertz CT molecular complexity index is 324. The average molecular weight is 202 g/mol. The number of nitrogens with zero attached hydrogens (tertiary/aromatic N) is 1. The largest absolute Gasteiger partial charge is 0.512 e. The number of H-pyrrole nitrogens is 1. The maximum absolute atomic E-state index is 13.2. The van der Waals surface area contributed by atoms with Crippen LogP contribution in [-0.4, -0.2) is 21.5 Å². The molecule has 0 saturated heterocycles. The van der Waals surface area contributed by atoms with Crippen molar-refractivity contribution in [3.63, 3.8) is 0 Å². The van der Waals surface area contributed by atoms with Crippen LogP contribution in [0.5, 0.6) is 5.88 Å². The Morgan fingerprint density at radius 3 is 3.00 bits per heavy atom. The van der Waals surface area contributed by atoms with Gasteiger partial charge in [0.05, 0.1) is 5.69 Å². The maximum atomic E-state index is 13.2. The van der Waals surface area contributed by atoms with Gasteiger partial charge in [-0.3, -0.25) is 5.10 Å². The first-order valence-electron chi connectivity index (χ1n) is 4.28. The number of aromatic amines is 1. The monoisotopic (exact) mass is 202 g/mol. The quantitative estimate of drug-likeness (QED) is 0.731. The molecule has 1 aromatic rings. The smallest absolute Gasteiger partial charge is 0.449 e. The Hall–Kier alpha value is -1.59. The van der Waals surface area contributed by atoms with Gasteiger partial charge in [-0.05, 0) is 12.8 Å². The number of aryl methyl sites for hydroxylation is 1. The lowest BCUT2D eigenvalue weighted by molar-refractivity contribution is 0.140. The molecule has 0 bridgehead atoms. The highest BCUT2D eigenvalue weighted by molar-refractivity contribution is 5.60. The molecule has 0 aromatic carbocycles. The molecule has 0 aliphatic rings. The van der Waals surface area contributed by atoms with E-state index in [-0.39, 0.29) is 5.69 Å². The third kappa shape index (κ3) is 2.45. The lowest BCUT2D eigenvalue weighted by Crippen LogP contribution is -2.04. The van der Waals surface area contributed by atoms with Crippen LogP contribution in [0.2, 0.25) is 0 Å². The molecule has 5 nitrogen and oxygen atoms in total. The zero-order valence-corrected chi connectivity index (χ0v) is 7.71. The summed E-state index contributed by atoms with van der Waals surface area (Å²) in [6.07, 6.45) is 0.662. The molecule has 2 N–H and O–H groups in total. The van der Waals surface area contributed by atoms with Crippen LogP contribution in [0.3, 0.4) is 0 Å². The molecule has 0 aliphatic heterocycles. The van der Waals surface area contributed by atoms with Crippen molar-refractivity contribution in [3.05, 3.63) is 11.5 Å². The summed E-state index contributed by atoms with van der Waals surface area (Å²) < 4.78 is 17.3. The Morgan fingerprint density at radius 2 is 2.43 bits per heavy atom. The molecule has 78 valence electrons. The third-order valence-electron chi connectivity index (χ3n) is 1.71. The van der Waals surface area contributed by atoms with Crippen LogP contribution in [0.25, 0.3) is 0 Å². The second kappa shape index (κ2) is 4.59. The zero-order chi connectivity index (χ0) is 10.6. The molecule has 1 heterocycles. The number of carbonyl (C=O) groups is 1. The summed E-state index contributed by atoms with van der Waals surface area (Å²) in [6.45, 7) is 1.98. The number of unbranched alkanes of at least 4 members (excludes halogenated alkanes) is 1. The number of ether oxygens (including phenoxy) is 1. The molecule has 14 heavy (non-hydrogen) atoms. The minimum Gasteiger partial charge on any atom is -0.449 e. The molecule has 0 spiro atoms. The first kappa shape index (κ1) is 10.5. The molecule has 6 heteroatoms.